The lowest BCUT2D eigenvalue weighted by molar-refractivity contribution is -0.133. The largest absolute Gasteiger partial charge is 0.497 e. The van der Waals surface area contributed by atoms with Crippen molar-refractivity contribution in [3.8, 4) is 5.75 Å². The van der Waals surface area contributed by atoms with Crippen molar-refractivity contribution in [1.29, 1.82) is 0 Å². The molecule has 0 radical (unpaired) electrons. The van der Waals surface area contributed by atoms with Crippen LogP contribution in [-0.2, 0) is 16.0 Å². The van der Waals surface area contributed by atoms with Gasteiger partial charge in [0.1, 0.15) is 23.2 Å². The Morgan fingerprint density at radius 2 is 2.11 bits per heavy atom. The molecule has 2 amide bonds. The van der Waals surface area contributed by atoms with Crippen LogP contribution in [0.5, 0.6) is 5.75 Å². The van der Waals surface area contributed by atoms with Gasteiger partial charge in [-0.1, -0.05) is 6.07 Å². The van der Waals surface area contributed by atoms with Crippen LogP contribution >= 0.6 is 0 Å². The van der Waals surface area contributed by atoms with Gasteiger partial charge in [0.15, 0.2) is 0 Å². The van der Waals surface area contributed by atoms with Gasteiger partial charge in [-0.15, -0.1) is 0 Å². The summed E-state index contributed by atoms with van der Waals surface area (Å²) >= 11 is 0. The minimum Gasteiger partial charge on any atom is -0.497 e. The number of methoxy groups -OCH3 is 1. The Bertz CT molecular complexity index is 1280. The summed E-state index contributed by atoms with van der Waals surface area (Å²) in [5.41, 5.74) is 1.08. The van der Waals surface area contributed by atoms with E-state index in [-0.39, 0.29) is 30.1 Å². The Labute approximate surface area is 201 Å². The summed E-state index contributed by atoms with van der Waals surface area (Å²) in [5, 5.41) is 3.02. The van der Waals surface area contributed by atoms with Crippen LogP contribution in [0, 0.1) is 11.6 Å². The molecular weight excluding hydrogens is 454 g/mol. The number of H-pyrrole nitrogens is 1. The van der Waals surface area contributed by atoms with Gasteiger partial charge in [0.2, 0.25) is 11.8 Å². The fraction of sp³-hybridized carbons (Fsp3) is 0.423. The zero-order chi connectivity index (χ0) is 24.6. The number of benzene rings is 2. The third kappa shape index (κ3) is 4.72. The molecule has 0 saturated carbocycles. The molecule has 0 unspecified atom stereocenters. The van der Waals surface area contributed by atoms with Crippen molar-refractivity contribution >= 4 is 22.8 Å². The number of fused-ring (bicyclic) bond motifs is 1. The number of nitrogens with one attached hydrogen (secondary N) is 2. The highest BCUT2D eigenvalue weighted by Crippen LogP contribution is 2.35. The molecule has 2 fully saturated rings. The Balaban J connectivity index is 1.30. The molecule has 2 N–H and O–H groups in total. The van der Waals surface area contributed by atoms with Crippen LogP contribution < -0.4 is 10.1 Å². The van der Waals surface area contributed by atoms with Gasteiger partial charge >= 0.3 is 0 Å². The van der Waals surface area contributed by atoms with E-state index >= 15 is 0 Å². The molecule has 0 spiro atoms. The van der Waals surface area contributed by atoms with Gasteiger partial charge in [-0.25, -0.2) is 13.8 Å². The van der Waals surface area contributed by atoms with Crippen molar-refractivity contribution in [2.75, 3.05) is 13.7 Å². The third-order valence-corrected chi connectivity index (χ3v) is 7.19. The lowest BCUT2D eigenvalue weighted by Crippen LogP contribution is -2.45. The number of aromatic nitrogens is 2. The van der Waals surface area contributed by atoms with Crippen molar-refractivity contribution in [3.63, 3.8) is 0 Å². The number of nitrogens with zero attached hydrogens (tertiary/aromatic N) is 2. The van der Waals surface area contributed by atoms with E-state index in [1.54, 1.807) is 18.2 Å². The molecular formula is C26H28F2N4O3. The van der Waals surface area contributed by atoms with Crippen molar-refractivity contribution in [2.45, 2.75) is 56.5 Å². The zero-order valence-electron chi connectivity index (χ0n) is 19.6. The highest BCUT2D eigenvalue weighted by Gasteiger charge is 2.40. The van der Waals surface area contributed by atoms with Gasteiger partial charge in [0, 0.05) is 31.0 Å². The minimum absolute atomic E-state index is 0.0325. The van der Waals surface area contributed by atoms with E-state index in [1.807, 2.05) is 4.90 Å². The SMILES string of the molecule is COc1ccc(C[C@]2(CCC(=O)N3CCC[C@H]3c3nc4ccc(F)cc4[nH]3)CCC(=O)N2)c(F)c1. The molecule has 5 rings (SSSR count). The summed E-state index contributed by atoms with van der Waals surface area (Å²) in [6, 6.07) is 8.88. The van der Waals surface area contributed by atoms with E-state index in [9.17, 15) is 18.4 Å². The Morgan fingerprint density at radius 3 is 2.86 bits per heavy atom. The first kappa shape index (κ1) is 23.3. The number of hydrogen-bond acceptors (Lipinski definition) is 4. The maximum atomic E-state index is 14.7. The lowest BCUT2D eigenvalue weighted by Gasteiger charge is -2.31. The summed E-state index contributed by atoms with van der Waals surface area (Å²) in [4.78, 5) is 35.0. The number of carbonyl (C=O) groups is 2. The van der Waals surface area contributed by atoms with Gasteiger partial charge in [0.05, 0.1) is 24.2 Å². The Hall–Kier alpha value is -3.49. The molecule has 3 heterocycles. The van der Waals surface area contributed by atoms with E-state index < -0.39 is 11.4 Å². The summed E-state index contributed by atoms with van der Waals surface area (Å²) in [7, 11) is 1.48. The topological polar surface area (TPSA) is 87.3 Å². The predicted molar refractivity (Wildman–Crippen MR) is 126 cm³/mol. The lowest BCUT2D eigenvalue weighted by atomic mass is 9.84. The van der Waals surface area contributed by atoms with E-state index in [2.05, 4.69) is 15.3 Å². The fourth-order valence-electron chi connectivity index (χ4n) is 5.34. The van der Waals surface area contributed by atoms with Crippen molar-refractivity contribution in [2.24, 2.45) is 0 Å². The van der Waals surface area contributed by atoms with Gasteiger partial charge in [0.25, 0.3) is 0 Å². The van der Waals surface area contributed by atoms with Crippen molar-refractivity contribution in [3.05, 3.63) is 59.4 Å². The Morgan fingerprint density at radius 1 is 1.26 bits per heavy atom. The molecule has 2 aliphatic rings. The number of ether oxygens (including phenoxy) is 1. The average Bonchev–Trinajstić information content (AvgIpc) is 3.57. The van der Waals surface area contributed by atoms with Gasteiger partial charge in [-0.3, -0.25) is 9.59 Å². The minimum atomic E-state index is -0.672. The van der Waals surface area contributed by atoms with Crippen molar-refractivity contribution < 1.29 is 23.1 Å². The molecule has 1 aromatic heterocycles. The van der Waals surface area contributed by atoms with Crippen molar-refractivity contribution in [1.82, 2.24) is 20.2 Å². The van der Waals surface area contributed by atoms with Crippen LogP contribution in [0.15, 0.2) is 36.4 Å². The summed E-state index contributed by atoms with van der Waals surface area (Å²) in [6.45, 7) is 0.612. The molecule has 2 aromatic carbocycles. The van der Waals surface area contributed by atoms with Crippen LogP contribution in [0.2, 0.25) is 0 Å². The molecule has 0 aliphatic carbocycles. The highest BCUT2D eigenvalue weighted by atomic mass is 19.1. The number of carbonyl (C=O) groups excluding carboxylic acids is 2. The summed E-state index contributed by atoms with van der Waals surface area (Å²) in [5.74, 6) is 0.233. The van der Waals surface area contributed by atoms with E-state index in [0.717, 1.165) is 12.8 Å². The molecule has 2 aliphatic heterocycles. The number of hydrogen-bond donors (Lipinski definition) is 2. The molecule has 0 bridgehead atoms. The van der Waals surface area contributed by atoms with Crippen LogP contribution in [0.4, 0.5) is 8.78 Å². The monoisotopic (exact) mass is 482 g/mol. The number of aromatic amines is 1. The number of rotatable bonds is 7. The smallest absolute Gasteiger partial charge is 0.223 e. The molecule has 9 heteroatoms. The molecule has 184 valence electrons. The third-order valence-electron chi connectivity index (χ3n) is 7.19. The molecule has 35 heavy (non-hydrogen) atoms. The second-order valence-corrected chi connectivity index (χ2v) is 9.49. The Kier molecular flexibility index (Phi) is 6.17. The highest BCUT2D eigenvalue weighted by molar-refractivity contribution is 5.81. The average molecular weight is 483 g/mol. The van der Waals surface area contributed by atoms with Gasteiger partial charge in [-0.2, -0.15) is 0 Å². The first-order valence-electron chi connectivity index (χ1n) is 11.9. The van der Waals surface area contributed by atoms with Crippen LogP contribution in [-0.4, -0.2) is 45.9 Å². The number of halogens is 2. The normalized spacial score (nSPS) is 22.1. The second kappa shape index (κ2) is 9.28. The molecule has 7 nitrogen and oxygen atoms in total. The molecule has 3 aromatic rings. The van der Waals surface area contributed by atoms with Crippen LogP contribution in [0.25, 0.3) is 11.0 Å². The second-order valence-electron chi connectivity index (χ2n) is 9.49. The zero-order valence-corrected chi connectivity index (χ0v) is 19.6. The number of likely N-dealkylation sites (tertiary alicyclic amines) is 1. The first-order valence-corrected chi connectivity index (χ1v) is 11.9. The van der Waals surface area contributed by atoms with Gasteiger partial charge < -0.3 is 19.9 Å². The van der Waals surface area contributed by atoms with E-state index in [4.69, 9.17) is 4.74 Å². The maximum Gasteiger partial charge on any atom is 0.223 e. The van der Waals surface area contributed by atoms with E-state index in [1.165, 1.54) is 25.3 Å². The van der Waals surface area contributed by atoms with Crippen LogP contribution in [0.3, 0.4) is 0 Å². The van der Waals surface area contributed by atoms with E-state index in [0.29, 0.717) is 60.4 Å². The quantitative estimate of drug-likeness (QED) is 0.529. The summed E-state index contributed by atoms with van der Waals surface area (Å²) in [6.07, 6.45) is 3.46. The van der Waals surface area contributed by atoms with Crippen LogP contribution in [0.1, 0.15) is 56.0 Å². The molecule has 2 saturated heterocycles. The standard InChI is InChI=1S/C26H28F2N4O3/c1-35-18-6-4-16(19(28)14-18)15-26(10-8-23(33)31-26)11-9-24(34)32-12-2-3-22(32)25-29-20-7-5-17(27)13-21(20)30-25/h4-7,13-14,22H,2-3,8-12,15H2,1H3,(H,29,30)(H,31,33)/t22-,26+/m0/s1. The van der Waals surface area contributed by atoms with Gasteiger partial charge in [-0.05, 0) is 61.9 Å². The first-order chi connectivity index (χ1) is 16.9. The maximum absolute atomic E-state index is 14.7. The number of imidazole rings is 1. The summed E-state index contributed by atoms with van der Waals surface area (Å²) < 4.78 is 33.3. The predicted octanol–water partition coefficient (Wildman–Crippen LogP) is 4.18. The molecule has 2 atom stereocenters. The fourth-order valence-corrected chi connectivity index (χ4v) is 5.34. The number of amides is 2.